The van der Waals surface area contributed by atoms with Crippen molar-refractivity contribution >= 4 is 87.4 Å². The van der Waals surface area contributed by atoms with E-state index in [-0.39, 0.29) is 0 Å². The van der Waals surface area contributed by atoms with Gasteiger partial charge in [0, 0.05) is 60.2 Å². The standard InChI is InChI=1S/C54H33N3O/c1-7-19-45-39(13-1)40-14-2-8-20-46(40)56(45)37-31-35(32-38(33-37)57-47-21-9-3-15-41(47)42-16-4-10-22-48(42)57)34-25-27-36(28-26-34)55-49-23-11-5-17-43(49)53-50(55)29-30-52-54(53)44-18-6-12-24-51(44)58-52/h1-33H. The van der Waals surface area contributed by atoms with Gasteiger partial charge in [0.25, 0.3) is 0 Å². The second-order valence-corrected chi connectivity index (χ2v) is 15.3. The molecule has 0 aliphatic rings. The van der Waals surface area contributed by atoms with Gasteiger partial charge in [-0.25, -0.2) is 0 Å². The lowest BCUT2D eigenvalue weighted by Crippen LogP contribution is -2.00. The normalized spacial score (nSPS) is 12.1. The van der Waals surface area contributed by atoms with Crippen molar-refractivity contribution in [2.24, 2.45) is 0 Å². The van der Waals surface area contributed by atoms with Crippen LogP contribution in [-0.2, 0) is 0 Å². The molecule has 0 spiro atoms. The maximum absolute atomic E-state index is 6.34. The average molecular weight is 740 g/mol. The fraction of sp³-hybridized carbons (Fsp3) is 0. The molecule has 9 aromatic carbocycles. The van der Waals surface area contributed by atoms with E-state index >= 15 is 0 Å². The zero-order valence-corrected chi connectivity index (χ0v) is 31.3. The fourth-order valence-electron chi connectivity index (χ4n) is 9.78. The van der Waals surface area contributed by atoms with E-state index in [9.17, 15) is 0 Å². The van der Waals surface area contributed by atoms with E-state index in [1.807, 2.05) is 6.07 Å². The Labute approximate surface area is 332 Å². The predicted octanol–water partition coefficient (Wildman–Crippen LogP) is 14.5. The van der Waals surface area contributed by atoms with E-state index in [2.05, 4.69) is 208 Å². The molecule has 0 amide bonds. The van der Waals surface area contributed by atoms with Gasteiger partial charge in [-0.05, 0) is 90.0 Å². The van der Waals surface area contributed by atoms with Gasteiger partial charge in [0.2, 0.25) is 0 Å². The van der Waals surface area contributed by atoms with Gasteiger partial charge in [-0.3, -0.25) is 0 Å². The summed E-state index contributed by atoms with van der Waals surface area (Å²) in [4.78, 5) is 0. The molecule has 13 aromatic rings. The van der Waals surface area contributed by atoms with Crippen molar-refractivity contribution in [2.45, 2.75) is 0 Å². The Hall–Kier alpha value is -7.82. The number of rotatable bonds is 4. The SMILES string of the molecule is c1ccc2c(c1)oc1ccc3c(c4ccccc4n3-c3ccc(-c4cc(-n5c6ccccc6c6ccccc65)cc(-n5c6ccccc6c6ccccc65)c4)cc3)c12. The highest BCUT2D eigenvalue weighted by atomic mass is 16.3. The topological polar surface area (TPSA) is 27.9 Å². The Morgan fingerprint density at radius 3 is 1.22 bits per heavy atom. The number of hydrogen-bond donors (Lipinski definition) is 0. The van der Waals surface area contributed by atoms with Crippen molar-refractivity contribution in [2.75, 3.05) is 0 Å². The second kappa shape index (κ2) is 11.8. The monoisotopic (exact) mass is 739 g/mol. The molecule has 4 heteroatoms. The minimum absolute atomic E-state index is 0.911. The summed E-state index contributed by atoms with van der Waals surface area (Å²) >= 11 is 0. The summed E-state index contributed by atoms with van der Waals surface area (Å²) in [6.45, 7) is 0. The molecule has 0 bridgehead atoms. The van der Waals surface area contributed by atoms with Gasteiger partial charge in [0.1, 0.15) is 11.2 Å². The first-order valence-electron chi connectivity index (χ1n) is 19.8. The lowest BCUT2D eigenvalue weighted by atomic mass is 10.0. The van der Waals surface area contributed by atoms with Crippen LogP contribution in [0.1, 0.15) is 0 Å². The largest absolute Gasteiger partial charge is 0.456 e. The Kier molecular flexibility index (Phi) is 6.41. The van der Waals surface area contributed by atoms with E-state index in [1.165, 1.54) is 65.3 Å². The highest BCUT2D eigenvalue weighted by Crippen LogP contribution is 2.42. The van der Waals surface area contributed by atoms with Crippen LogP contribution < -0.4 is 0 Å². The van der Waals surface area contributed by atoms with Gasteiger partial charge in [-0.2, -0.15) is 0 Å². The van der Waals surface area contributed by atoms with Crippen LogP contribution >= 0.6 is 0 Å². The van der Waals surface area contributed by atoms with Crippen LogP contribution in [0.4, 0.5) is 0 Å². The van der Waals surface area contributed by atoms with E-state index in [4.69, 9.17) is 4.42 Å². The smallest absolute Gasteiger partial charge is 0.136 e. The number of para-hydroxylation sites is 6. The molecule has 4 nitrogen and oxygen atoms in total. The summed E-state index contributed by atoms with van der Waals surface area (Å²) < 4.78 is 13.6. The molecular formula is C54H33N3O. The lowest BCUT2D eigenvalue weighted by molar-refractivity contribution is 0.669. The Morgan fingerprint density at radius 1 is 0.259 bits per heavy atom. The first-order chi connectivity index (χ1) is 28.8. The summed E-state index contributed by atoms with van der Waals surface area (Å²) in [6, 6.07) is 72.6. The van der Waals surface area contributed by atoms with Crippen molar-refractivity contribution in [1.82, 2.24) is 13.7 Å². The quantitative estimate of drug-likeness (QED) is 0.177. The third-order valence-electron chi connectivity index (χ3n) is 12.2. The summed E-state index contributed by atoms with van der Waals surface area (Å²) in [5, 5.41) is 9.74. The van der Waals surface area contributed by atoms with Gasteiger partial charge in [0.15, 0.2) is 0 Å². The summed E-state index contributed by atoms with van der Waals surface area (Å²) in [5.74, 6) is 0. The number of hydrogen-bond acceptors (Lipinski definition) is 1. The predicted molar refractivity (Wildman–Crippen MR) is 242 cm³/mol. The third kappa shape index (κ3) is 4.34. The molecular weight excluding hydrogens is 707 g/mol. The second-order valence-electron chi connectivity index (χ2n) is 15.3. The lowest BCUT2D eigenvalue weighted by Gasteiger charge is -2.16. The Morgan fingerprint density at radius 2 is 0.690 bits per heavy atom. The van der Waals surface area contributed by atoms with Crippen molar-refractivity contribution in [3.63, 3.8) is 0 Å². The number of aromatic nitrogens is 3. The van der Waals surface area contributed by atoms with Crippen LogP contribution in [-0.4, -0.2) is 13.7 Å². The van der Waals surface area contributed by atoms with E-state index in [0.717, 1.165) is 50.3 Å². The van der Waals surface area contributed by atoms with E-state index in [0.29, 0.717) is 0 Å². The molecule has 270 valence electrons. The first kappa shape index (κ1) is 31.4. The third-order valence-corrected chi connectivity index (χ3v) is 12.2. The summed E-state index contributed by atoms with van der Waals surface area (Å²) in [5.41, 5.74) is 14.6. The van der Waals surface area contributed by atoms with E-state index in [1.54, 1.807) is 0 Å². The van der Waals surface area contributed by atoms with Crippen LogP contribution in [0.5, 0.6) is 0 Å². The number of nitrogens with zero attached hydrogens (tertiary/aromatic N) is 3. The van der Waals surface area contributed by atoms with E-state index < -0.39 is 0 Å². The van der Waals surface area contributed by atoms with Crippen LogP contribution in [0, 0.1) is 0 Å². The van der Waals surface area contributed by atoms with Crippen LogP contribution in [0.15, 0.2) is 205 Å². The van der Waals surface area contributed by atoms with Crippen molar-refractivity contribution in [3.8, 4) is 28.2 Å². The Balaban J connectivity index is 1.05. The fourth-order valence-corrected chi connectivity index (χ4v) is 9.78. The van der Waals surface area contributed by atoms with Gasteiger partial charge < -0.3 is 18.1 Å². The molecule has 0 radical (unpaired) electrons. The Bertz CT molecular complexity index is 3560. The van der Waals surface area contributed by atoms with Gasteiger partial charge in [-0.1, -0.05) is 121 Å². The van der Waals surface area contributed by atoms with Crippen LogP contribution in [0.2, 0.25) is 0 Å². The van der Waals surface area contributed by atoms with Gasteiger partial charge in [-0.15, -0.1) is 0 Å². The van der Waals surface area contributed by atoms with Crippen LogP contribution in [0.3, 0.4) is 0 Å². The van der Waals surface area contributed by atoms with Crippen LogP contribution in [0.25, 0.3) is 116 Å². The summed E-state index contributed by atoms with van der Waals surface area (Å²) in [6.07, 6.45) is 0. The zero-order chi connectivity index (χ0) is 37.9. The molecule has 58 heavy (non-hydrogen) atoms. The maximum Gasteiger partial charge on any atom is 0.136 e. The molecule has 0 unspecified atom stereocenters. The van der Waals surface area contributed by atoms with Crippen molar-refractivity contribution in [3.05, 3.63) is 200 Å². The minimum atomic E-state index is 0.911. The minimum Gasteiger partial charge on any atom is -0.456 e. The molecule has 0 aliphatic heterocycles. The molecule has 4 heterocycles. The zero-order valence-electron chi connectivity index (χ0n) is 31.3. The average Bonchev–Trinajstić information content (AvgIpc) is 4.03. The molecule has 0 saturated carbocycles. The first-order valence-corrected chi connectivity index (χ1v) is 19.8. The number of benzene rings is 9. The molecule has 4 aromatic heterocycles. The maximum atomic E-state index is 6.34. The molecule has 13 rings (SSSR count). The number of furan rings is 1. The molecule has 0 fully saturated rings. The molecule has 0 aliphatic carbocycles. The highest BCUT2D eigenvalue weighted by Gasteiger charge is 2.20. The summed E-state index contributed by atoms with van der Waals surface area (Å²) in [7, 11) is 0. The van der Waals surface area contributed by atoms with Crippen molar-refractivity contribution in [1.29, 1.82) is 0 Å². The molecule has 0 atom stereocenters. The van der Waals surface area contributed by atoms with Crippen molar-refractivity contribution < 1.29 is 4.42 Å². The molecule has 0 N–H and O–H groups in total. The number of fused-ring (bicyclic) bond motifs is 13. The molecule has 0 saturated heterocycles. The highest BCUT2D eigenvalue weighted by molar-refractivity contribution is 6.27. The van der Waals surface area contributed by atoms with Gasteiger partial charge in [0.05, 0.1) is 33.1 Å². The van der Waals surface area contributed by atoms with Gasteiger partial charge >= 0.3 is 0 Å².